The molecule has 2 aromatic carbocycles. The average Bonchev–Trinajstić information content (AvgIpc) is 3.09. The molecule has 8 heteroatoms. The predicted octanol–water partition coefficient (Wildman–Crippen LogP) is 4.68. The maximum absolute atomic E-state index is 12.3. The van der Waals surface area contributed by atoms with Gasteiger partial charge in [0.1, 0.15) is 0 Å². The van der Waals surface area contributed by atoms with E-state index in [9.17, 15) is 9.59 Å². The van der Waals surface area contributed by atoms with Crippen LogP contribution in [0, 0.1) is 0 Å². The van der Waals surface area contributed by atoms with E-state index in [4.69, 9.17) is 16.3 Å². The number of rotatable bonds is 7. The molecule has 2 N–H and O–H groups in total. The summed E-state index contributed by atoms with van der Waals surface area (Å²) in [6.45, 7) is 3.18. The highest BCUT2D eigenvalue weighted by Gasteiger charge is 2.21. The molecule has 0 saturated carbocycles. The van der Waals surface area contributed by atoms with Gasteiger partial charge in [0, 0.05) is 29.4 Å². The van der Waals surface area contributed by atoms with Crippen molar-refractivity contribution in [2.75, 3.05) is 35.2 Å². The first-order chi connectivity index (χ1) is 13.5. The van der Waals surface area contributed by atoms with Crippen LogP contribution < -0.4 is 20.3 Å². The number of anilines is 3. The van der Waals surface area contributed by atoms with E-state index in [0.717, 1.165) is 23.1 Å². The third-order valence-electron chi connectivity index (χ3n) is 4.27. The monoisotopic (exact) mass is 465 g/mol. The van der Waals surface area contributed by atoms with Crippen molar-refractivity contribution < 1.29 is 14.3 Å². The molecule has 0 aliphatic carbocycles. The van der Waals surface area contributed by atoms with Crippen molar-refractivity contribution in [1.29, 1.82) is 0 Å². The Bertz CT molecular complexity index is 874. The van der Waals surface area contributed by atoms with Crippen LogP contribution in [0.3, 0.4) is 0 Å². The SMILES string of the molecule is CCOc1c(Br)cc(Cl)cc1NCC(=O)Nc1ccc(N2CCCC2=O)cc1. The van der Waals surface area contributed by atoms with E-state index in [1.54, 1.807) is 29.2 Å². The lowest BCUT2D eigenvalue weighted by Gasteiger charge is -2.16. The molecular weight excluding hydrogens is 446 g/mol. The Kier molecular flexibility index (Phi) is 6.80. The van der Waals surface area contributed by atoms with Gasteiger partial charge in [0.25, 0.3) is 0 Å². The van der Waals surface area contributed by atoms with Crippen molar-refractivity contribution in [2.45, 2.75) is 19.8 Å². The molecule has 3 rings (SSSR count). The quantitative estimate of drug-likeness (QED) is 0.622. The lowest BCUT2D eigenvalue weighted by molar-refractivity contribution is -0.117. The lowest BCUT2D eigenvalue weighted by Crippen LogP contribution is -2.24. The van der Waals surface area contributed by atoms with Crippen LogP contribution in [0.25, 0.3) is 0 Å². The summed E-state index contributed by atoms with van der Waals surface area (Å²) in [5.74, 6) is 0.543. The van der Waals surface area contributed by atoms with Crippen LogP contribution in [0.4, 0.5) is 17.1 Å². The highest BCUT2D eigenvalue weighted by atomic mass is 79.9. The fraction of sp³-hybridized carbons (Fsp3) is 0.300. The van der Waals surface area contributed by atoms with Gasteiger partial charge in [-0.05, 0) is 65.7 Å². The fourth-order valence-corrected chi connectivity index (χ4v) is 3.93. The van der Waals surface area contributed by atoms with Gasteiger partial charge in [0.15, 0.2) is 5.75 Å². The maximum atomic E-state index is 12.3. The van der Waals surface area contributed by atoms with E-state index < -0.39 is 0 Å². The van der Waals surface area contributed by atoms with Crippen molar-refractivity contribution in [2.24, 2.45) is 0 Å². The van der Waals surface area contributed by atoms with E-state index in [1.807, 2.05) is 19.1 Å². The highest BCUT2D eigenvalue weighted by Crippen LogP contribution is 2.36. The molecule has 0 unspecified atom stereocenters. The topological polar surface area (TPSA) is 70.7 Å². The van der Waals surface area contributed by atoms with Crippen LogP contribution in [-0.2, 0) is 9.59 Å². The third kappa shape index (κ3) is 4.97. The summed E-state index contributed by atoms with van der Waals surface area (Å²) in [6, 6.07) is 10.7. The standard InChI is InChI=1S/C20H21BrClN3O3/c1-2-28-20-16(21)10-13(22)11-17(20)23-12-18(26)24-14-5-7-15(8-6-14)25-9-3-4-19(25)27/h5-8,10-11,23H,2-4,9,12H2,1H3,(H,24,26). The smallest absolute Gasteiger partial charge is 0.243 e. The predicted molar refractivity (Wildman–Crippen MR) is 115 cm³/mol. The van der Waals surface area contributed by atoms with E-state index in [-0.39, 0.29) is 18.4 Å². The minimum absolute atomic E-state index is 0.0548. The molecule has 0 radical (unpaired) electrons. The normalized spacial score (nSPS) is 13.5. The summed E-state index contributed by atoms with van der Waals surface area (Å²) in [6.07, 6.45) is 1.47. The van der Waals surface area contributed by atoms with Gasteiger partial charge in [-0.3, -0.25) is 9.59 Å². The molecule has 0 bridgehead atoms. The summed E-state index contributed by atoms with van der Waals surface area (Å²) in [7, 11) is 0. The second-order valence-electron chi connectivity index (χ2n) is 6.29. The Morgan fingerprint density at radius 3 is 2.68 bits per heavy atom. The molecule has 1 saturated heterocycles. The Morgan fingerprint density at radius 1 is 1.29 bits per heavy atom. The fourth-order valence-electron chi connectivity index (χ4n) is 3.01. The zero-order valence-corrected chi connectivity index (χ0v) is 17.8. The minimum atomic E-state index is -0.205. The number of ether oxygens (including phenoxy) is 1. The van der Waals surface area contributed by atoms with Crippen LogP contribution >= 0.6 is 27.5 Å². The number of nitrogens with zero attached hydrogens (tertiary/aromatic N) is 1. The summed E-state index contributed by atoms with van der Waals surface area (Å²) in [4.78, 5) is 25.9. The molecule has 28 heavy (non-hydrogen) atoms. The second kappa shape index (κ2) is 9.30. The number of nitrogens with one attached hydrogen (secondary N) is 2. The maximum Gasteiger partial charge on any atom is 0.243 e. The summed E-state index contributed by atoms with van der Waals surface area (Å²) >= 11 is 9.51. The molecule has 0 spiro atoms. The molecule has 0 atom stereocenters. The van der Waals surface area contributed by atoms with Gasteiger partial charge in [-0.2, -0.15) is 0 Å². The third-order valence-corrected chi connectivity index (χ3v) is 5.08. The number of carbonyl (C=O) groups excluding carboxylic acids is 2. The average molecular weight is 467 g/mol. The first kappa shape index (κ1) is 20.5. The minimum Gasteiger partial charge on any atom is -0.491 e. The van der Waals surface area contributed by atoms with Gasteiger partial charge in [0.05, 0.1) is 23.3 Å². The molecule has 6 nitrogen and oxygen atoms in total. The largest absolute Gasteiger partial charge is 0.491 e. The van der Waals surface area contributed by atoms with Gasteiger partial charge in [0.2, 0.25) is 11.8 Å². The van der Waals surface area contributed by atoms with Crippen molar-refractivity contribution in [3.8, 4) is 5.75 Å². The Labute approximate surface area is 177 Å². The second-order valence-corrected chi connectivity index (χ2v) is 7.59. The van der Waals surface area contributed by atoms with Gasteiger partial charge in [-0.15, -0.1) is 0 Å². The summed E-state index contributed by atoms with van der Waals surface area (Å²) < 4.78 is 6.33. The van der Waals surface area contributed by atoms with Crippen LogP contribution in [0.5, 0.6) is 5.75 Å². The molecule has 1 heterocycles. The molecule has 148 valence electrons. The first-order valence-electron chi connectivity index (χ1n) is 9.04. The molecule has 1 aliphatic rings. The number of hydrogen-bond donors (Lipinski definition) is 2. The van der Waals surface area contributed by atoms with Crippen molar-refractivity contribution in [3.05, 3.63) is 45.9 Å². The van der Waals surface area contributed by atoms with E-state index in [2.05, 4.69) is 26.6 Å². The van der Waals surface area contributed by atoms with E-state index >= 15 is 0 Å². The number of carbonyl (C=O) groups is 2. The van der Waals surface area contributed by atoms with Gasteiger partial charge in [-0.1, -0.05) is 11.6 Å². The van der Waals surface area contributed by atoms with E-state index in [1.165, 1.54) is 0 Å². The van der Waals surface area contributed by atoms with Crippen molar-refractivity contribution in [1.82, 2.24) is 0 Å². The lowest BCUT2D eigenvalue weighted by atomic mass is 10.2. The number of hydrogen-bond acceptors (Lipinski definition) is 4. The Hall–Kier alpha value is -2.25. The van der Waals surface area contributed by atoms with Gasteiger partial charge in [-0.25, -0.2) is 0 Å². The van der Waals surface area contributed by atoms with Gasteiger partial charge >= 0.3 is 0 Å². The zero-order chi connectivity index (χ0) is 20.1. The molecular formula is C20H21BrClN3O3. The van der Waals surface area contributed by atoms with Crippen LogP contribution in [0.2, 0.25) is 5.02 Å². The first-order valence-corrected chi connectivity index (χ1v) is 10.2. The number of benzene rings is 2. The molecule has 0 aromatic heterocycles. The van der Waals surface area contributed by atoms with Crippen LogP contribution in [0.15, 0.2) is 40.9 Å². The van der Waals surface area contributed by atoms with Crippen LogP contribution in [0.1, 0.15) is 19.8 Å². The summed E-state index contributed by atoms with van der Waals surface area (Å²) in [5, 5.41) is 6.42. The molecule has 1 aliphatic heterocycles. The van der Waals surface area contributed by atoms with Crippen molar-refractivity contribution >= 4 is 56.4 Å². The number of halogens is 2. The van der Waals surface area contributed by atoms with Gasteiger partial charge < -0.3 is 20.3 Å². The molecule has 2 aromatic rings. The van der Waals surface area contributed by atoms with Crippen LogP contribution in [-0.4, -0.2) is 31.5 Å². The Morgan fingerprint density at radius 2 is 2.04 bits per heavy atom. The zero-order valence-electron chi connectivity index (χ0n) is 15.4. The highest BCUT2D eigenvalue weighted by molar-refractivity contribution is 9.10. The van der Waals surface area contributed by atoms with E-state index in [0.29, 0.717) is 35.2 Å². The Balaban J connectivity index is 1.60. The molecule has 1 fully saturated rings. The molecule has 2 amide bonds. The summed E-state index contributed by atoms with van der Waals surface area (Å²) in [5.41, 5.74) is 2.16. The van der Waals surface area contributed by atoms with Crippen molar-refractivity contribution in [3.63, 3.8) is 0 Å². The number of amides is 2.